The van der Waals surface area contributed by atoms with Gasteiger partial charge < -0.3 is 4.74 Å². The predicted octanol–water partition coefficient (Wildman–Crippen LogP) is 5.77. The fourth-order valence-corrected chi connectivity index (χ4v) is 2.42. The predicted molar refractivity (Wildman–Crippen MR) is 100 cm³/mol. The van der Waals surface area contributed by atoms with Gasteiger partial charge in [-0.25, -0.2) is 4.39 Å². The minimum absolute atomic E-state index is 0.199. The fourth-order valence-electron chi connectivity index (χ4n) is 2.42. The molecule has 0 aliphatic carbocycles. The minimum Gasteiger partial charge on any atom is -0.489 e. The second kappa shape index (κ2) is 7.75. The summed E-state index contributed by atoms with van der Waals surface area (Å²) in [5.41, 5.74) is 4.86. The Morgan fingerprint density at radius 1 is 0.920 bits per heavy atom. The molecule has 3 aromatic carbocycles. The first-order valence-corrected chi connectivity index (χ1v) is 8.19. The lowest BCUT2D eigenvalue weighted by Gasteiger charge is -2.07. The monoisotopic (exact) mass is 333 g/mol. The standard InChI is InChI=1S/C22H20FNO/c1-16-10-11-20(12-17(16)2)24-14-18-6-5-8-21(13-18)25-15-19-7-3-4-9-22(19)23/h3-14H,15H2,1-2H3. The van der Waals surface area contributed by atoms with Crippen molar-refractivity contribution in [2.75, 3.05) is 0 Å². The lowest BCUT2D eigenvalue weighted by atomic mass is 10.1. The molecule has 0 aromatic heterocycles. The summed E-state index contributed by atoms with van der Waals surface area (Å²) in [5.74, 6) is 0.433. The van der Waals surface area contributed by atoms with E-state index in [0.717, 1.165) is 11.3 Å². The third kappa shape index (κ3) is 4.54. The van der Waals surface area contributed by atoms with E-state index in [1.165, 1.54) is 17.2 Å². The Balaban J connectivity index is 1.69. The first kappa shape index (κ1) is 16.9. The molecule has 3 aromatic rings. The quantitative estimate of drug-likeness (QED) is 0.543. The molecule has 0 radical (unpaired) electrons. The number of ether oxygens (including phenoxy) is 1. The molecule has 126 valence electrons. The van der Waals surface area contributed by atoms with E-state index < -0.39 is 0 Å². The minimum atomic E-state index is -0.255. The van der Waals surface area contributed by atoms with Crippen LogP contribution in [0.4, 0.5) is 10.1 Å². The van der Waals surface area contributed by atoms with Crippen molar-refractivity contribution in [3.63, 3.8) is 0 Å². The van der Waals surface area contributed by atoms with Crippen LogP contribution in [0.25, 0.3) is 0 Å². The van der Waals surface area contributed by atoms with Crippen LogP contribution in [0, 0.1) is 19.7 Å². The van der Waals surface area contributed by atoms with Gasteiger partial charge in [0.2, 0.25) is 0 Å². The highest BCUT2D eigenvalue weighted by Crippen LogP contribution is 2.19. The Bertz CT molecular complexity index is 902. The topological polar surface area (TPSA) is 21.6 Å². The molecule has 0 aliphatic rings. The first-order chi connectivity index (χ1) is 12.1. The van der Waals surface area contributed by atoms with Crippen LogP contribution in [0.5, 0.6) is 5.75 Å². The summed E-state index contributed by atoms with van der Waals surface area (Å²) in [4.78, 5) is 4.51. The molecule has 3 heteroatoms. The summed E-state index contributed by atoms with van der Waals surface area (Å²) in [6, 6.07) is 20.4. The normalized spacial score (nSPS) is 11.0. The van der Waals surface area contributed by atoms with Gasteiger partial charge in [0.15, 0.2) is 0 Å². The van der Waals surface area contributed by atoms with E-state index in [4.69, 9.17) is 4.74 Å². The van der Waals surface area contributed by atoms with E-state index >= 15 is 0 Å². The molecule has 0 saturated heterocycles. The van der Waals surface area contributed by atoms with Crippen LogP contribution in [0.1, 0.15) is 22.3 Å². The maximum absolute atomic E-state index is 13.6. The van der Waals surface area contributed by atoms with Crippen LogP contribution in [0.3, 0.4) is 0 Å². The van der Waals surface area contributed by atoms with E-state index in [2.05, 4.69) is 31.0 Å². The zero-order valence-electron chi connectivity index (χ0n) is 14.4. The Morgan fingerprint density at radius 2 is 1.76 bits per heavy atom. The third-order valence-electron chi connectivity index (χ3n) is 4.06. The Labute approximate surface area is 147 Å². The van der Waals surface area contributed by atoms with E-state index in [-0.39, 0.29) is 12.4 Å². The lowest BCUT2D eigenvalue weighted by molar-refractivity contribution is 0.300. The molecule has 0 N–H and O–H groups in total. The van der Waals surface area contributed by atoms with Crippen LogP contribution < -0.4 is 4.74 Å². The molecular formula is C22H20FNO. The summed E-state index contributed by atoms with van der Waals surface area (Å²) >= 11 is 0. The number of benzene rings is 3. The van der Waals surface area contributed by atoms with Crippen molar-refractivity contribution < 1.29 is 9.13 Å². The van der Waals surface area contributed by atoms with Crippen molar-refractivity contribution in [3.8, 4) is 5.75 Å². The van der Waals surface area contributed by atoms with Gasteiger partial charge in [-0.15, -0.1) is 0 Å². The number of halogens is 1. The highest BCUT2D eigenvalue weighted by molar-refractivity contribution is 5.82. The van der Waals surface area contributed by atoms with Gasteiger partial charge in [-0.1, -0.05) is 36.4 Å². The van der Waals surface area contributed by atoms with Crippen molar-refractivity contribution in [2.45, 2.75) is 20.5 Å². The van der Waals surface area contributed by atoms with Crippen LogP contribution in [0.2, 0.25) is 0 Å². The molecule has 0 fully saturated rings. The smallest absolute Gasteiger partial charge is 0.129 e. The number of rotatable bonds is 5. The van der Waals surface area contributed by atoms with Gasteiger partial charge in [0.05, 0.1) is 5.69 Å². The van der Waals surface area contributed by atoms with Crippen molar-refractivity contribution in [3.05, 3.63) is 94.8 Å². The van der Waals surface area contributed by atoms with Crippen molar-refractivity contribution in [1.29, 1.82) is 0 Å². The summed E-state index contributed by atoms with van der Waals surface area (Å²) in [6.45, 7) is 4.36. The fraction of sp³-hybridized carbons (Fsp3) is 0.136. The van der Waals surface area contributed by atoms with Gasteiger partial charge in [-0.3, -0.25) is 4.99 Å². The Hall–Kier alpha value is -2.94. The molecule has 25 heavy (non-hydrogen) atoms. The largest absolute Gasteiger partial charge is 0.489 e. The van der Waals surface area contributed by atoms with Gasteiger partial charge in [0, 0.05) is 11.8 Å². The number of hydrogen-bond acceptors (Lipinski definition) is 2. The molecule has 0 spiro atoms. The maximum atomic E-state index is 13.6. The average Bonchev–Trinajstić information content (AvgIpc) is 2.62. The maximum Gasteiger partial charge on any atom is 0.129 e. The molecule has 0 heterocycles. The van der Waals surface area contributed by atoms with E-state index in [0.29, 0.717) is 11.3 Å². The zero-order chi connectivity index (χ0) is 17.6. The van der Waals surface area contributed by atoms with Gasteiger partial charge >= 0.3 is 0 Å². The highest BCUT2D eigenvalue weighted by atomic mass is 19.1. The molecule has 3 rings (SSSR count). The summed E-state index contributed by atoms with van der Waals surface area (Å²) in [5, 5.41) is 0. The zero-order valence-corrected chi connectivity index (χ0v) is 14.4. The van der Waals surface area contributed by atoms with E-state index in [1.807, 2.05) is 30.3 Å². The molecule has 0 saturated carbocycles. The number of hydrogen-bond donors (Lipinski definition) is 0. The Kier molecular flexibility index (Phi) is 5.24. The number of aliphatic imine (C=N–C) groups is 1. The van der Waals surface area contributed by atoms with Crippen molar-refractivity contribution in [1.82, 2.24) is 0 Å². The summed E-state index contributed by atoms with van der Waals surface area (Å²) in [7, 11) is 0. The molecule has 0 amide bonds. The second-order valence-corrected chi connectivity index (χ2v) is 5.98. The van der Waals surface area contributed by atoms with Gasteiger partial charge in [0.25, 0.3) is 0 Å². The van der Waals surface area contributed by atoms with Gasteiger partial charge in [0.1, 0.15) is 18.2 Å². The van der Waals surface area contributed by atoms with E-state index in [9.17, 15) is 4.39 Å². The molecular weight excluding hydrogens is 313 g/mol. The third-order valence-corrected chi connectivity index (χ3v) is 4.06. The van der Waals surface area contributed by atoms with Gasteiger partial charge in [-0.05, 0) is 60.9 Å². The first-order valence-electron chi connectivity index (χ1n) is 8.19. The summed E-state index contributed by atoms with van der Waals surface area (Å²) in [6.07, 6.45) is 1.81. The van der Waals surface area contributed by atoms with Crippen LogP contribution >= 0.6 is 0 Å². The average molecular weight is 333 g/mol. The van der Waals surface area contributed by atoms with Crippen LogP contribution in [-0.4, -0.2) is 6.21 Å². The second-order valence-electron chi connectivity index (χ2n) is 5.98. The lowest BCUT2D eigenvalue weighted by Crippen LogP contribution is -1.98. The van der Waals surface area contributed by atoms with Crippen LogP contribution in [0.15, 0.2) is 71.7 Å². The Morgan fingerprint density at radius 3 is 2.56 bits per heavy atom. The number of nitrogens with zero attached hydrogens (tertiary/aromatic N) is 1. The van der Waals surface area contributed by atoms with Crippen LogP contribution in [-0.2, 0) is 6.61 Å². The molecule has 0 atom stereocenters. The highest BCUT2D eigenvalue weighted by Gasteiger charge is 2.02. The molecule has 0 unspecified atom stereocenters. The van der Waals surface area contributed by atoms with E-state index in [1.54, 1.807) is 24.4 Å². The molecule has 0 aliphatic heterocycles. The summed E-state index contributed by atoms with van der Waals surface area (Å²) < 4.78 is 19.3. The number of aryl methyl sites for hydroxylation is 2. The molecule has 0 bridgehead atoms. The van der Waals surface area contributed by atoms with Crippen molar-refractivity contribution in [2.24, 2.45) is 4.99 Å². The SMILES string of the molecule is Cc1ccc(N=Cc2cccc(OCc3ccccc3F)c2)cc1C. The van der Waals surface area contributed by atoms with Gasteiger partial charge in [-0.2, -0.15) is 0 Å². The molecule has 2 nitrogen and oxygen atoms in total. The van der Waals surface area contributed by atoms with Crippen molar-refractivity contribution >= 4 is 11.9 Å².